The topological polar surface area (TPSA) is 57.6 Å². The van der Waals surface area contributed by atoms with Gasteiger partial charge in [0.1, 0.15) is 0 Å². The average molecular weight is 285 g/mol. The molecule has 0 fully saturated rings. The highest BCUT2D eigenvalue weighted by Gasteiger charge is 2.17. The molecule has 0 saturated carbocycles. The monoisotopic (exact) mass is 285 g/mol. The summed E-state index contributed by atoms with van der Waals surface area (Å²) in [4.78, 5) is 24.4. The third-order valence-electron chi connectivity index (χ3n) is 3.56. The zero-order chi connectivity index (χ0) is 15.4. The minimum Gasteiger partial charge on any atom is -0.481 e. The van der Waals surface area contributed by atoms with Gasteiger partial charge in [-0.05, 0) is 16.3 Å². The smallest absolute Gasteiger partial charge is 0.308 e. The van der Waals surface area contributed by atoms with Gasteiger partial charge in [-0.25, -0.2) is 0 Å². The summed E-state index contributed by atoms with van der Waals surface area (Å²) in [6, 6.07) is 13.9. The summed E-state index contributed by atoms with van der Waals surface area (Å²) in [7, 11) is 1.64. The van der Waals surface area contributed by atoms with E-state index in [0.717, 1.165) is 16.3 Å². The number of carbonyl (C=O) groups excluding carboxylic acids is 1. The molecule has 0 spiro atoms. The number of nitrogens with zero attached hydrogens (tertiary/aromatic N) is 1. The number of benzene rings is 2. The van der Waals surface area contributed by atoms with Gasteiger partial charge in [0.2, 0.25) is 5.91 Å². The summed E-state index contributed by atoms with van der Waals surface area (Å²) in [6.07, 6.45) is 0.285. The molecule has 110 valence electrons. The van der Waals surface area contributed by atoms with E-state index in [1.54, 1.807) is 14.0 Å². The van der Waals surface area contributed by atoms with Crippen molar-refractivity contribution < 1.29 is 14.7 Å². The third-order valence-corrected chi connectivity index (χ3v) is 3.56. The fraction of sp³-hybridized carbons (Fsp3) is 0.294. The van der Waals surface area contributed by atoms with Gasteiger partial charge in [0.15, 0.2) is 0 Å². The number of carboxylic acids is 1. The van der Waals surface area contributed by atoms with Gasteiger partial charge in [-0.3, -0.25) is 9.59 Å². The Labute approximate surface area is 124 Å². The van der Waals surface area contributed by atoms with E-state index in [9.17, 15) is 9.59 Å². The summed E-state index contributed by atoms with van der Waals surface area (Å²) < 4.78 is 0. The number of hydrogen-bond donors (Lipinski definition) is 1. The van der Waals surface area contributed by atoms with Crippen LogP contribution in [0.5, 0.6) is 0 Å². The molecular weight excluding hydrogens is 266 g/mol. The number of fused-ring (bicyclic) bond motifs is 1. The fourth-order valence-electron chi connectivity index (χ4n) is 2.25. The molecule has 1 atom stereocenters. The van der Waals surface area contributed by atoms with E-state index in [1.165, 1.54) is 4.90 Å². The molecule has 0 aliphatic rings. The Balaban J connectivity index is 2.05. The first kappa shape index (κ1) is 15.0. The number of likely N-dealkylation sites (N-methyl/N-ethyl adjacent to an activating group) is 1. The molecule has 2 aromatic rings. The van der Waals surface area contributed by atoms with E-state index in [0.29, 0.717) is 0 Å². The second-order valence-electron chi connectivity index (χ2n) is 5.37. The Morgan fingerprint density at radius 3 is 2.48 bits per heavy atom. The van der Waals surface area contributed by atoms with E-state index >= 15 is 0 Å². The molecule has 1 N–H and O–H groups in total. The lowest BCUT2D eigenvalue weighted by atomic mass is 10.0. The first-order chi connectivity index (χ1) is 9.97. The van der Waals surface area contributed by atoms with E-state index in [2.05, 4.69) is 0 Å². The molecule has 0 saturated heterocycles. The van der Waals surface area contributed by atoms with Gasteiger partial charge in [-0.1, -0.05) is 49.4 Å². The highest BCUT2D eigenvalue weighted by atomic mass is 16.4. The molecule has 0 aromatic heterocycles. The van der Waals surface area contributed by atoms with Gasteiger partial charge in [-0.15, -0.1) is 0 Å². The van der Waals surface area contributed by atoms with Gasteiger partial charge in [-0.2, -0.15) is 0 Å². The summed E-state index contributed by atoms with van der Waals surface area (Å²) in [5.74, 6) is -1.52. The van der Waals surface area contributed by atoms with Gasteiger partial charge in [0.05, 0.1) is 12.3 Å². The SMILES string of the molecule is CC(CN(C)C(=O)Cc1ccc2ccccc2c1)C(=O)O. The van der Waals surface area contributed by atoms with Crippen molar-refractivity contribution >= 4 is 22.6 Å². The first-order valence-electron chi connectivity index (χ1n) is 6.92. The molecule has 21 heavy (non-hydrogen) atoms. The molecule has 4 nitrogen and oxygen atoms in total. The Morgan fingerprint density at radius 2 is 1.81 bits per heavy atom. The van der Waals surface area contributed by atoms with Crippen molar-refractivity contribution in [3.8, 4) is 0 Å². The standard InChI is InChI=1S/C17H19NO3/c1-12(17(20)21)11-18(2)16(19)10-13-7-8-14-5-3-4-6-15(14)9-13/h3-9,12H,10-11H2,1-2H3,(H,20,21). The zero-order valence-corrected chi connectivity index (χ0v) is 12.2. The normalized spacial score (nSPS) is 12.1. The van der Waals surface area contributed by atoms with Crippen molar-refractivity contribution in [3.05, 3.63) is 48.0 Å². The summed E-state index contributed by atoms with van der Waals surface area (Å²) in [5, 5.41) is 11.1. The van der Waals surface area contributed by atoms with Gasteiger partial charge in [0, 0.05) is 13.6 Å². The van der Waals surface area contributed by atoms with Crippen LogP contribution in [-0.4, -0.2) is 35.5 Å². The molecule has 1 unspecified atom stereocenters. The largest absolute Gasteiger partial charge is 0.481 e. The predicted octanol–water partition coefficient (Wildman–Crippen LogP) is 2.56. The molecule has 4 heteroatoms. The first-order valence-corrected chi connectivity index (χ1v) is 6.92. The van der Waals surface area contributed by atoms with E-state index in [-0.39, 0.29) is 18.9 Å². The lowest BCUT2D eigenvalue weighted by molar-refractivity contribution is -0.142. The molecule has 1 amide bonds. The van der Waals surface area contributed by atoms with Crippen LogP contribution in [0.1, 0.15) is 12.5 Å². The van der Waals surface area contributed by atoms with Crippen LogP contribution in [0.2, 0.25) is 0 Å². The number of amides is 1. The van der Waals surface area contributed by atoms with Gasteiger partial charge >= 0.3 is 5.97 Å². The number of hydrogen-bond acceptors (Lipinski definition) is 2. The molecule has 2 rings (SSSR count). The Kier molecular flexibility index (Phi) is 4.58. The lowest BCUT2D eigenvalue weighted by Crippen LogP contribution is -2.34. The molecule has 0 aliphatic carbocycles. The molecule has 2 aromatic carbocycles. The number of carbonyl (C=O) groups is 2. The van der Waals surface area contributed by atoms with Gasteiger partial charge < -0.3 is 10.0 Å². The summed E-state index contributed by atoms with van der Waals surface area (Å²) in [5.41, 5.74) is 0.938. The van der Waals surface area contributed by atoms with Crippen molar-refractivity contribution in [2.45, 2.75) is 13.3 Å². The van der Waals surface area contributed by atoms with Crippen LogP contribution in [0, 0.1) is 5.92 Å². The maximum Gasteiger partial charge on any atom is 0.308 e. The highest BCUT2D eigenvalue weighted by molar-refractivity contribution is 5.85. The van der Waals surface area contributed by atoms with Crippen LogP contribution in [0.4, 0.5) is 0 Å². The molecule has 0 heterocycles. The summed E-state index contributed by atoms with van der Waals surface area (Å²) >= 11 is 0. The molecular formula is C17H19NO3. The average Bonchev–Trinajstić information content (AvgIpc) is 2.46. The van der Waals surface area contributed by atoms with Gasteiger partial charge in [0.25, 0.3) is 0 Å². The second kappa shape index (κ2) is 6.39. The Bertz CT molecular complexity index is 666. The zero-order valence-electron chi connectivity index (χ0n) is 12.2. The molecule has 0 bridgehead atoms. The molecule has 0 radical (unpaired) electrons. The van der Waals surface area contributed by atoms with E-state index in [4.69, 9.17) is 5.11 Å². The minimum atomic E-state index is -0.889. The number of carboxylic acid groups (broad SMARTS) is 1. The Morgan fingerprint density at radius 1 is 1.14 bits per heavy atom. The highest BCUT2D eigenvalue weighted by Crippen LogP contribution is 2.16. The predicted molar refractivity (Wildman–Crippen MR) is 82.1 cm³/mol. The van der Waals surface area contributed by atoms with Crippen molar-refractivity contribution in [2.75, 3.05) is 13.6 Å². The van der Waals surface area contributed by atoms with E-state index < -0.39 is 11.9 Å². The number of rotatable bonds is 5. The third kappa shape index (κ3) is 3.81. The van der Waals surface area contributed by atoms with Crippen LogP contribution < -0.4 is 0 Å². The lowest BCUT2D eigenvalue weighted by Gasteiger charge is -2.19. The number of aliphatic carboxylic acids is 1. The van der Waals surface area contributed by atoms with Crippen LogP contribution in [-0.2, 0) is 16.0 Å². The van der Waals surface area contributed by atoms with Crippen molar-refractivity contribution in [1.82, 2.24) is 4.90 Å². The summed E-state index contributed by atoms with van der Waals surface area (Å²) in [6.45, 7) is 1.82. The maximum absolute atomic E-state index is 12.1. The van der Waals surface area contributed by atoms with Crippen LogP contribution in [0.3, 0.4) is 0 Å². The second-order valence-corrected chi connectivity index (χ2v) is 5.37. The molecule has 0 aliphatic heterocycles. The van der Waals surface area contributed by atoms with Crippen molar-refractivity contribution in [3.63, 3.8) is 0 Å². The van der Waals surface area contributed by atoms with Crippen LogP contribution in [0.15, 0.2) is 42.5 Å². The van der Waals surface area contributed by atoms with Crippen LogP contribution in [0.25, 0.3) is 10.8 Å². The Hall–Kier alpha value is -2.36. The van der Waals surface area contributed by atoms with Crippen molar-refractivity contribution in [1.29, 1.82) is 0 Å². The minimum absolute atomic E-state index is 0.0709. The van der Waals surface area contributed by atoms with Crippen LogP contribution >= 0.6 is 0 Å². The quantitative estimate of drug-likeness (QED) is 0.918. The van der Waals surface area contributed by atoms with E-state index in [1.807, 2.05) is 42.5 Å². The van der Waals surface area contributed by atoms with Crippen molar-refractivity contribution in [2.24, 2.45) is 5.92 Å². The maximum atomic E-state index is 12.1. The fourth-order valence-corrected chi connectivity index (χ4v) is 2.25.